The van der Waals surface area contributed by atoms with E-state index in [0.29, 0.717) is 30.1 Å². The number of ether oxygens (including phenoxy) is 2. The predicted molar refractivity (Wildman–Crippen MR) is 146 cm³/mol. The minimum Gasteiger partial charge on any atom is -0.491 e. The van der Waals surface area contributed by atoms with Crippen molar-refractivity contribution in [1.29, 1.82) is 0 Å². The maximum atomic E-state index is 10.0. The predicted octanol–water partition coefficient (Wildman–Crippen LogP) is 2.58. The van der Waals surface area contributed by atoms with Crippen LogP contribution in [0.4, 0.5) is 11.6 Å². The molecule has 4 N–H and O–H groups in total. The third-order valence-electron chi connectivity index (χ3n) is 8.15. The number of nitrogens with one attached hydrogen (secondary N) is 3. The van der Waals surface area contributed by atoms with E-state index in [1.165, 1.54) is 25.7 Å². The van der Waals surface area contributed by atoms with Gasteiger partial charge in [-0.1, -0.05) is 12.1 Å². The van der Waals surface area contributed by atoms with Gasteiger partial charge < -0.3 is 35.4 Å². The zero-order chi connectivity index (χ0) is 25.7. The van der Waals surface area contributed by atoms with Crippen molar-refractivity contribution in [3.8, 4) is 17.1 Å². The van der Waals surface area contributed by atoms with E-state index >= 15 is 0 Å². The highest BCUT2D eigenvalue weighted by atomic mass is 16.5. The lowest BCUT2D eigenvalue weighted by Crippen LogP contribution is -2.46. The summed E-state index contributed by atoms with van der Waals surface area (Å²) in [5.74, 6) is 3.28. The molecule has 2 unspecified atom stereocenters. The summed E-state index contributed by atoms with van der Waals surface area (Å²) in [7, 11) is 1.81. The number of aromatic nitrogens is 2. The Hall–Kier alpha value is -2.46. The molecule has 0 amide bonds. The number of hydrogen-bond donors (Lipinski definition) is 4. The first kappa shape index (κ1) is 26.2. The molecule has 202 valence electrons. The van der Waals surface area contributed by atoms with Gasteiger partial charge >= 0.3 is 0 Å². The second-order valence-electron chi connectivity index (χ2n) is 10.8. The third kappa shape index (κ3) is 6.34. The molecule has 1 aromatic heterocycles. The maximum Gasteiger partial charge on any atom is 0.164 e. The van der Waals surface area contributed by atoms with E-state index in [1.54, 1.807) is 0 Å². The van der Waals surface area contributed by atoms with Crippen molar-refractivity contribution >= 4 is 11.6 Å². The van der Waals surface area contributed by atoms with Gasteiger partial charge in [0.25, 0.3) is 0 Å². The van der Waals surface area contributed by atoms with Crippen molar-refractivity contribution in [3.05, 3.63) is 29.8 Å². The molecule has 4 heterocycles. The number of anilines is 2. The van der Waals surface area contributed by atoms with Crippen molar-refractivity contribution in [2.75, 3.05) is 69.8 Å². The summed E-state index contributed by atoms with van der Waals surface area (Å²) in [4.78, 5) is 12.6. The summed E-state index contributed by atoms with van der Waals surface area (Å²) in [6, 6.07) is 8.11. The first-order chi connectivity index (χ1) is 18.0. The van der Waals surface area contributed by atoms with Crippen LogP contribution in [-0.4, -0.2) is 86.8 Å². The molecule has 0 saturated carbocycles. The van der Waals surface area contributed by atoms with Gasteiger partial charge in [-0.3, -0.25) is 0 Å². The number of benzene rings is 1. The van der Waals surface area contributed by atoms with Crippen LogP contribution in [0.3, 0.4) is 0 Å². The third-order valence-corrected chi connectivity index (χ3v) is 8.15. The van der Waals surface area contributed by atoms with Crippen molar-refractivity contribution < 1.29 is 14.6 Å². The van der Waals surface area contributed by atoms with Crippen molar-refractivity contribution in [2.45, 2.75) is 51.2 Å². The first-order valence-corrected chi connectivity index (χ1v) is 13.8. The molecule has 3 saturated heterocycles. The van der Waals surface area contributed by atoms with Crippen molar-refractivity contribution in [2.24, 2.45) is 5.41 Å². The molecule has 1 spiro atoms. The van der Waals surface area contributed by atoms with Crippen LogP contribution in [0.15, 0.2) is 24.3 Å². The summed E-state index contributed by atoms with van der Waals surface area (Å²) in [5.41, 5.74) is 2.48. The molecule has 37 heavy (non-hydrogen) atoms. The van der Waals surface area contributed by atoms with E-state index in [9.17, 15) is 5.11 Å². The summed E-state index contributed by atoms with van der Waals surface area (Å²) < 4.78 is 11.5. The highest BCUT2D eigenvalue weighted by Gasteiger charge is 2.36. The van der Waals surface area contributed by atoms with Crippen molar-refractivity contribution in [3.63, 3.8) is 0 Å². The number of aliphatic hydroxyl groups is 1. The molecular formula is C28H42N6O3. The lowest BCUT2D eigenvalue weighted by molar-refractivity contribution is 0.108. The topological polar surface area (TPSA) is 104 Å². The summed E-state index contributed by atoms with van der Waals surface area (Å²) in [6.45, 7) is 8.65. The van der Waals surface area contributed by atoms with E-state index in [0.717, 1.165) is 62.0 Å². The zero-order valence-corrected chi connectivity index (χ0v) is 22.3. The molecule has 2 atom stereocenters. The highest BCUT2D eigenvalue weighted by molar-refractivity contribution is 5.67. The fourth-order valence-corrected chi connectivity index (χ4v) is 5.79. The number of rotatable bonds is 9. The molecule has 5 rings (SSSR count). The second kappa shape index (κ2) is 11.9. The van der Waals surface area contributed by atoms with Crippen LogP contribution in [0, 0.1) is 12.3 Å². The van der Waals surface area contributed by atoms with Gasteiger partial charge in [-0.25, -0.2) is 9.97 Å². The normalized spacial score (nSPS) is 22.2. The van der Waals surface area contributed by atoms with Crippen LogP contribution in [-0.2, 0) is 4.74 Å². The molecule has 0 aliphatic carbocycles. The largest absolute Gasteiger partial charge is 0.491 e. The van der Waals surface area contributed by atoms with Crippen LogP contribution in [0.5, 0.6) is 5.75 Å². The van der Waals surface area contributed by atoms with E-state index < -0.39 is 6.10 Å². The molecule has 3 aliphatic rings. The summed E-state index contributed by atoms with van der Waals surface area (Å²) >= 11 is 0. The van der Waals surface area contributed by atoms with E-state index in [1.807, 2.05) is 31.3 Å². The van der Waals surface area contributed by atoms with Gasteiger partial charge in [0.1, 0.15) is 30.1 Å². The van der Waals surface area contributed by atoms with Crippen LogP contribution >= 0.6 is 0 Å². The molecule has 9 nitrogen and oxygen atoms in total. The van der Waals surface area contributed by atoms with Gasteiger partial charge in [0.05, 0.1) is 12.6 Å². The average Bonchev–Trinajstić information content (AvgIpc) is 3.43. The number of aliphatic hydroxyl groups excluding tert-OH is 1. The van der Waals surface area contributed by atoms with E-state index in [-0.39, 0.29) is 12.6 Å². The lowest BCUT2D eigenvalue weighted by Gasteiger charge is -2.45. The van der Waals surface area contributed by atoms with Crippen molar-refractivity contribution in [1.82, 2.24) is 20.6 Å². The Balaban J connectivity index is 1.40. The van der Waals surface area contributed by atoms with Gasteiger partial charge in [0.2, 0.25) is 0 Å². The zero-order valence-electron chi connectivity index (χ0n) is 22.3. The molecule has 0 radical (unpaired) electrons. The molecule has 9 heteroatoms. The molecule has 1 aromatic carbocycles. The monoisotopic (exact) mass is 510 g/mol. The van der Waals surface area contributed by atoms with Gasteiger partial charge in [-0.05, 0) is 76.7 Å². The van der Waals surface area contributed by atoms with Crippen LogP contribution < -0.4 is 25.6 Å². The Morgan fingerprint density at radius 3 is 2.76 bits per heavy atom. The Morgan fingerprint density at radius 2 is 2.03 bits per heavy atom. The van der Waals surface area contributed by atoms with Gasteiger partial charge in [-0.15, -0.1) is 0 Å². The SMILES string of the molecule is CNCC(O)COc1cccc(-c2nc(NC3CCOC3)c(C)c(N3CCC4(CCNCC4)CC3)n2)c1. The van der Waals surface area contributed by atoms with E-state index in [4.69, 9.17) is 19.4 Å². The average molecular weight is 511 g/mol. The van der Waals surface area contributed by atoms with Crippen LogP contribution in [0.2, 0.25) is 0 Å². The lowest BCUT2D eigenvalue weighted by atomic mass is 9.71. The van der Waals surface area contributed by atoms with Gasteiger partial charge in [0, 0.05) is 37.4 Å². The number of piperidine rings is 2. The van der Waals surface area contributed by atoms with Crippen LogP contribution in [0.1, 0.15) is 37.7 Å². The standard InChI is InChI=1S/C28H42N6O3/c1-20-25(31-22-6-15-36-18-22)32-26(21-4-3-5-24(16-21)37-19-23(35)17-29-2)33-27(20)34-13-9-28(10-14-34)7-11-30-12-8-28/h3-5,16,22-23,29-30,35H,6-15,17-19H2,1-2H3,(H,31,32,33). The Morgan fingerprint density at radius 1 is 1.22 bits per heavy atom. The Labute approximate surface area is 220 Å². The molecule has 2 aromatic rings. The second-order valence-corrected chi connectivity index (χ2v) is 10.8. The quantitative estimate of drug-likeness (QED) is 0.405. The minimum absolute atomic E-state index is 0.226. The summed E-state index contributed by atoms with van der Waals surface area (Å²) in [5, 5.41) is 20.2. The molecule has 3 fully saturated rings. The van der Waals surface area contributed by atoms with E-state index in [2.05, 4.69) is 27.8 Å². The number of likely N-dealkylation sites (N-methyl/N-ethyl adjacent to an activating group) is 1. The molecular weight excluding hydrogens is 468 g/mol. The molecule has 3 aliphatic heterocycles. The molecule has 0 bridgehead atoms. The number of hydrogen-bond acceptors (Lipinski definition) is 9. The number of nitrogens with zero attached hydrogens (tertiary/aromatic N) is 3. The smallest absolute Gasteiger partial charge is 0.164 e. The fourth-order valence-electron chi connectivity index (χ4n) is 5.79. The highest BCUT2D eigenvalue weighted by Crippen LogP contribution is 2.41. The fraction of sp³-hybridized carbons (Fsp3) is 0.643. The Bertz CT molecular complexity index is 1030. The van der Waals surface area contributed by atoms with Gasteiger partial charge in [-0.2, -0.15) is 0 Å². The summed E-state index contributed by atoms with van der Waals surface area (Å²) in [6.07, 6.45) is 5.39. The maximum absolute atomic E-state index is 10.0. The minimum atomic E-state index is -0.567. The van der Waals surface area contributed by atoms with Crippen LogP contribution in [0.25, 0.3) is 11.4 Å². The van der Waals surface area contributed by atoms with Gasteiger partial charge in [0.15, 0.2) is 5.82 Å². The Kier molecular flexibility index (Phi) is 8.44. The first-order valence-electron chi connectivity index (χ1n) is 13.8.